The van der Waals surface area contributed by atoms with Gasteiger partial charge in [-0.1, -0.05) is 12.1 Å². The Morgan fingerprint density at radius 1 is 1.32 bits per heavy atom. The summed E-state index contributed by atoms with van der Waals surface area (Å²) in [5, 5.41) is 6.63. The third-order valence-electron chi connectivity index (χ3n) is 4.59. The zero-order valence-corrected chi connectivity index (χ0v) is 17.3. The van der Waals surface area contributed by atoms with Crippen LogP contribution in [0.2, 0.25) is 0 Å². The van der Waals surface area contributed by atoms with Gasteiger partial charge >= 0.3 is 0 Å². The summed E-state index contributed by atoms with van der Waals surface area (Å²) in [5.41, 5.74) is 1.11. The van der Waals surface area contributed by atoms with E-state index in [2.05, 4.69) is 34.5 Å². The van der Waals surface area contributed by atoms with Gasteiger partial charge in [0.15, 0.2) is 5.96 Å². The van der Waals surface area contributed by atoms with E-state index in [-0.39, 0.29) is 5.82 Å². The highest BCUT2D eigenvalue weighted by atomic mass is 19.1. The van der Waals surface area contributed by atoms with Gasteiger partial charge in [-0.05, 0) is 44.5 Å². The molecule has 1 fully saturated rings. The lowest BCUT2D eigenvalue weighted by Gasteiger charge is -2.18. The molecule has 6 nitrogen and oxygen atoms in total. The third kappa shape index (κ3) is 9.48. The van der Waals surface area contributed by atoms with E-state index >= 15 is 0 Å². The number of likely N-dealkylation sites (N-methyl/N-ethyl adjacent to an activating group) is 1. The molecule has 1 atom stereocenters. The Labute approximate surface area is 168 Å². The van der Waals surface area contributed by atoms with Crippen molar-refractivity contribution in [2.75, 3.05) is 59.7 Å². The molecule has 0 spiro atoms. The van der Waals surface area contributed by atoms with Crippen LogP contribution >= 0.6 is 0 Å². The molecule has 2 rings (SSSR count). The van der Waals surface area contributed by atoms with E-state index < -0.39 is 0 Å². The Morgan fingerprint density at radius 2 is 2.14 bits per heavy atom. The lowest BCUT2D eigenvalue weighted by Crippen LogP contribution is -2.41. The number of hydrogen-bond donors (Lipinski definition) is 2. The van der Waals surface area contributed by atoms with E-state index in [0.717, 1.165) is 83.5 Å². The van der Waals surface area contributed by atoms with Crippen molar-refractivity contribution >= 4 is 5.96 Å². The first kappa shape index (κ1) is 22.6. The van der Waals surface area contributed by atoms with Crippen LogP contribution in [0.5, 0.6) is 0 Å². The number of nitrogens with one attached hydrogen (secondary N) is 2. The lowest BCUT2D eigenvalue weighted by atomic mass is 10.1. The summed E-state index contributed by atoms with van der Waals surface area (Å²) in [6.07, 6.45) is 2.02. The molecule has 28 heavy (non-hydrogen) atoms. The minimum atomic E-state index is -0.197. The van der Waals surface area contributed by atoms with Gasteiger partial charge in [0.2, 0.25) is 0 Å². The second-order valence-corrected chi connectivity index (χ2v) is 7.21. The van der Waals surface area contributed by atoms with Crippen LogP contribution in [0.3, 0.4) is 0 Å². The minimum Gasteiger partial charge on any atom is -0.381 e. The van der Waals surface area contributed by atoms with Gasteiger partial charge in [0.25, 0.3) is 0 Å². The zero-order valence-electron chi connectivity index (χ0n) is 17.3. The SMILES string of the molecule is CCNC(=NCCCOCC1CCOC1)NCCN(C)Cc1ccc(F)cc1. The molecule has 1 saturated heterocycles. The number of benzene rings is 1. The monoisotopic (exact) mass is 394 g/mol. The molecule has 0 amide bonds. The molecule has 1 aromatic rings. The number of rotatable bonds is 12. The maximum atomic E-state index is 13.0. The van der Waals surface area contributed by atoms with Crippen LogP contribution in [0, 0.1) is 11.7 Å². The van der Waals surface area contributed by atoms with Crippen molar-refractivity contribution in [3.8, 4) is 0 Å². The Balaban J connectivity index is 1.58. The number of aliphatic imine (C=N–C) groups is 1. The summed E-state index contributed by atoms with van der Waals surface area (Å²) >= 11 is 0. The summed E-state index contributed by atoms with van der Waals surface area (Å²) in [6, 6.07) is 6.66. The maximum absolute atomic E-state index is 13.0. The van der Waals surface area contributed by atoms with E-state index in [9.17, 15) is 4.39 Å². The van der Waals surface area contributed by atoms with Crippen molar-refractivity contribution in [2.24, 2.45) is 10.9 Å². The molecule has 0 aliphatic carbocycles. The van der Waals surface area contributed by atoms with E-state index in [4.69, 9.17) is 9.47 Å². The zero-order chi connectivity index (χ0) is 20.0. The fourth-order valence-corrected chi connectivity index (χ4v) is 3.01. The van der Waals surface area contributed by atoms with Crippen LogP contribution in [-0.2, 0) is 16.0 Å². The van der Waals surface area contributed by atoms with E-state index in [1.165, 1.54) is 12.1 Å². The average molecular weight is 395 g/mol. The number of hydrogen-bond acceptors (Lipinski definition) is 4. The average Bonchev–Trinajstić information content (AvgIpc) is 3.20. The summed E-state index contributed by atoms with van der Waals surface area (Å²) in [6.45, 7) is 9.32. The first-order valence-electron chi connectivity index (χ1n) is 10.3. The van der Waals surface area contributed by atoms with Crippen LogP contribution in [0.4, 0.5) is 4.39 Å². The van der Waals surface area contributed by atoms with Crippen LogP contribution in [0.1, 0.15) is 25.3 Å². The van der Waals surface area contributed by atoms with Crippen molar-refractivity contribution < 1.29 is 13.9 Å². The summed E-state index contributed by atoms with van der Waals surface area (Å²) in [5.74, 6) is 1.20. The summed E-state index contributed by atoms with van der Waals surface area (Å²) < 4.78 is 24.0. The van der Waals surface area contributed by atoms with Gasteiger partial charge in [-0.15, -0.1) is 0 Å². The van der Waals surface area contributed by atoms with E-state index in [0.29, 0.717) is 5.92 Å². The van der Waals surface area contributed by atoms with Gasteiger partial charge in [0.1, 0.15) is 5.82 Å². The van der Waals surface area contributed by atoms with Gasteiger partial charge in [-0.25, -0.2) is 4.39 Å². The first-order valence-corrected chi connectivity index (χ1v) is 10.3. The predicted molar refractivity (Wildman–Crippen MR) is 111 cm³/mol. The Kier molecular flexibility index (Phi) is 10.9. The third-order valence-corrected chi connectivity index (χ3v) is 4.59. The first-order chi connectivity index (χ1) is 13.7. The number of halogens is 1. The van der Waals surface area contributed by atoms with Gasteiger partial charge < -0.3 is 25.0 Å². The Morgan fingerprint density at radius 3 is 2.86 bits per heavy atom. The fourth-order valence-electron chi connectivity index (χ4n) is 3.01. The molecule has 0 radical (unpaired) electrons. The predicted octanol–water partition coefficient (Wildman–Crippen LogP) is 2.26. The van der Waals surface area contributed by atoms with Gasteiger partial charge in [0, 0.05) is 51.9 Å². The second-order valence-electron chi connectivity index (χ2n) is 7.21. The molecular formula is C21H35FN4O2. The molecule has 1 aliphatic heterocycles. The molecule has 7 heteroatoms. The summed E-state index contributed by atoms with van der Waals surface area (Å²) in [4.78, 5) is 6.80. The van der Waals surface area contributed by atoms with Crippen molar-refractivity contribution in [3.63, 3.8) is 0 Å². The van der Waals surface area contributed by atoms with E-state index in [1.807, 2.05) is 12.1 Å². The second kappa shape index (κ2) is 13.5. The minimum absolute atomic E-state index is 0.197. The molecule has 1 unspecified atom stereocenters. The molecule has 0 saturated carbocycles. The molecular weight excluding hydrogens is 359 g/mol. The highest BCUT2D eigenvalue weighted by molar-refractivity contribution is 5.79. The van der Waals surface area contributed by atoms with Gasteiger partial charge in [-0.2, -0.15) is 0 Å². The van der Waals surface area contributed by atoms with Crippen molar-refractivity contribution in [3.05, 3.63) is 35.6 Å². The smallest absolute Gasteiger partial charge is 0.191 e. The summed E-state index contributed by atoms with van der Waals surface area (Å²) in [7, 11) is 2.06. The largest absolute Gasteiger partial charge is 0.381 e. The molecule has 1 heterocycles. The molecule has 0 bridgehead atoms. The normalized spacial score (nSPS) is 17.3. The number of guanidine groups is 1. The van der Waals surface area contributed by atoms with E-state index in [1.54, 1.807) is 0 Å². The standard InChI is InChI=1S/C21H35FN4O2/c1-3-23-21(24-10-4-13-27-16-19-9-14-28-17-19)25-11-12-26(2)15-18-5-7-20(22)8-6-18/h5-8,19H,3-4,9-17H2,1-2H3,(H2,23,24,25). The Hall–Kier alpha value is -1.70. The Bertz CT molecular complexity index is 562. The van der Waals surface area contributed by atoms with Crippen LogP contribution in [0.25, 0.3) is 0 Å². The fraction of sp³-hybridized carbons (Fsp3) is 0.667. The quantitative estimate of drug-likeness (QED) is 0.324. The van der Waals surface area contributed by atoms with Crippen LogP contribution in [0.15, 0.2) is 29.3 Å². The number of nitrogens with zero attached hydrogens (tertiary/aromatic N) is 2. The van der Waals surface area contributed by atoms with Crippen molar-refractivity contribution in [2.45, 2.75) is 26.3 Å². The van der Waals surface area contributed by atoms with Crippen LogP contribution < -0.4 is 10.6 Å². The van der Waals surface area contributed by atoms with Crippen molar-refractivity contribution in [1.82, 2.24) is 15.5 Å². The molecule has 0 aromatic heterocycles. The highest BCUT2D eigenvalue weighted by Crippen LogP contribution is 2.12. The van der Waals surface area contributed by atoms with Crippen LogP contribution in [-0.4, -0.2) is 70.5 Å². The lowest BCUT2D eigenvalue weighted by molar-refractivity contribution is 0.0893. The molecule has 1 aliphatic rings. The van der Waals surface area contributed by atoms with Crippen molar-refractivity contribution in [1.29, 1.82) is 0 Å². The molecule has 1 aromatic carbocycles. The molecule has 158 valence electrons. The molecule has 2 N–H and O–H groups in total. The highest BCUT2D eigenvalue weighted by Gasteiger charge is 2.15. The topological polar surface area (TPSA) is 58.1 Å². The maximum Gasteiger partial charge on any atom is 0.191 e. The van der Waals surface area contributed by atoms with Gasteiger partial charge in [-0.3, -0.25) is 4.99 Å². The van der Waals surface area contributed by atoms with Gasteiger partial charge in [0.05, 0.1) is 13.2 Å². The number of ether oxygens (including phenoxy) is 2.